The molecule has 1 amide bonds. The lowest BCUT2D eigenvalue weighted by molar-refractivity contribution is 0.0735. The number of rotatable bonds is 7. The first-order valence-corrected chi connectivity index (χ1v) is 11.3. The first kappa shape index (κ1) is 23.3. The predicted octanol–water partition coefficient (Wildman–Crippen LogP) is 2.60. The number of carbonyl (C=O) groups excluding carboxylic acids is 1. The van der Waals surface area contributed by atoms with Crippen molar-refractivity contribution in [3.63, 3.8) is 0 Å². The van der Waals surface area contributed by atoms with E-state index in [0.29, 0.717) is 55.0 Å². The number of methoxy groups -OCH3 is 2. The normalized spacial score (nSPS) is 13.7. The molecule has 1 saturated heterocycles. The number of nitrogens with one attached hydrogen (secondary N) is 1. The third-order valence-electron chi connectivity index (χ3n) is 5.85. The molecule has 1 fully saturated rings. The number of carbonyl (C=O) groups is 1. The zero-order chi connectivity index (χ0) is 24.2. The molecule has 10 nitrogen and oxygen atoms in total. The fraction of sp³-hybridized carbons (Fsp3) is 0.417. The van der Waals surface area contributed by atoms with Crippen molar-refractivity contribution >= 4 is 17.7 Å². The zero-order valence-electron chi connectivity index (χ0n) is 20.3. The summed E-state index contributed by atoms with van der Waals surface area (Å²) in [7, 11) is 5.01. The number of aromatic nitrogens is 4. The zero-order valence-corrected chi connectivity index (χ0v) is 20.3. The Kier molecular flexibility index (Phi) is 6.85. The Balaban J connectivity index is 1.49. The highest BCUT2D eigenvalue weighted by Crippen LogP contribution is 2.33. The van der Waals surface area contributed by atoms with Gasteiger partial charge in [-0.05, 0) is 38.1 Å². The van der Waals surface area contributed by atoms with Gasteiger partial charge in [0.05, 0.1) is 19.9 Å². The maximum absolute atomic E-state index is 13.3. The van der Waals surface area contributed by atoms with Gasteiger partial charge < -0.3 is 24.6 Å². The van der Waals surface area contributed by atoms with Crippen LogP contribution in [0.15, 0.2) is 30.3 Å². The standard InChI is InChI=1S/C24H31N7O3/c1-6-25-24-26-16(2)13-22(27-24)30-9-11-31(12-10-30)23(32)20-15-19(28-29(20)3)18-14-17(33-4)7-8-21(18)34-5/h7-8,13-15H,6,9-12H2,1-5H3,(H,25,26,27). The topological polar surface area (TPSA) is 97.6 Å². The van der Waals surface area contributed by atoms with Gasteiger partial charge in [0.15, 0.2) is 0 Å². The number of piperazine rings is 1. The van der Waals surface area contributed by atoms with Gasteiger partial charge in [0.2, 0.25) is 5.95 Å². The van der Waals surface area contributed by atoms with Gasteiger partial charge in [-0.3, -0.25) is 9.48 Å². The second-order valence-electron chi connectivity index (χ2n) is 8.11. The first-order chi connectivity index (χ1) is 16.4. The molecule has 1 aliphatic rings. The van der Waals surface area contributed by atoms with Crippen LogP contribution in [0.2, 0.25) is 0 Å². The lowest BCUT2D eigenvalue weighted by atomic mass is 10.1. The van der Waals surface area contributed by atoms with E-state index in [1.807, 2.05) is 49.1 Å². The number of benzene rings is 1. The molecule has 0 saturated carbocycles. The number of ether oxygens (including phenoxy) is 2. The summed E-state index contributed by atoms with van der Waals surface area (Å²) in [5.74, 6) is 2.83. The van der Waals surface area contributed by atoms with Crippen molar-refractivity contribution in [2.75, 3.05) is 57.2 Å². The van der Waals surface area contributed by atoms with Crippen LogP contribution in [0.25, 0.3) is 11.3 Å². The quantitative estimate of drug-likeness (QED) is 0.569. The summed E-state index contributed by atoms with van der Waals surface area (Å²) in [6.07, 6.45) is 0. The minimum Gasteiger partial charge on any atom is -0.497 e. The fourth-order valence-electron chi connectivity index (χ4n) is 4.06. The van der Waals surface area contributed by atoms with Crippen LogP contribution in [-0.4, -0.2) is 77.5 Å². The molecule has 0 aliphatic carbocycles. The molecule has 3 aromatic rings. The third kappa shape index (κ3) is 4.75. The minimum absolute atomic E-state index is 0.0463. The molecule has 0 radical (unpaired) electrons. The van der Waals surface area contributed by atoms with Crippen molar-refractivity contribution < 1.29 is 14.3 Å². The lowest BCUT2D eigenvalue weighted by Gasteiger charge is -2.35. The van der Waals surface area contributed by atoms with Crippen molar-refractivity contribution in [1.82, 2.24) is 24.6 Å². The molecule has 10 heteroatoms. The van der Waals surface area contributed by atoms with Gasteiger partial charge in [-0.15, -0.1) is 0 Å². The molecule has 3 heterocycles. The van der Waals surface area contributed by atoms with Crippen LogP contribution < -0.4 is 19.7 Å². The number of hydrogen-bond acceptors (Lipinski definition) is 8. The van der Waals surface area contributed by atoms with E-state index >= 15 is 0 Å². The van der Waals surface area contributed by atoms with E-state index in [0.717, 1.165) is 23.6 Å². The number of nitrogens with zero attached hydrogens (tertiary/aromatic N) is 6. The molecule has 0 bridgehead atoms. The lowest BCUT2D eigenvalue weighted by Crippen LogP contribution is -2.49. The highest BCUT2D eigenvalue weighted by atomic mass is 16.5. The Morgan fingerprint density at radius 3 is 2.50 bits per heavy atom. The number of anilines is 2. The molecule has 0 spiro atoms. The Morgan fingerprint density at radius 1 is 1.06 bits per heavy atom. The average Bonchev–Trinajstić information content (AvgIpc) is 3.24. The van der Waals surface area contributed by atoms with E-state index in [1.54, 1.807) is 25.9 Å². The van der Waals surface area contributed by atoms with Crippen LogP contribution in [-0.2, 0) is 7.05 Å². The number of hydrogen-bond donors (Lipinski definition) is 1. The van der Waals surface area contributed by atoms with Crippen LogP contribution in [0.4, 0.5) is 11.8 Å². The smallest absolute Gasteiger partial charge is 0.272 e. The Bertz CT molecular complexity index is 1170. The van der Waals surface area contributed by atoms with Crippen LogP contribution in [0, 0.1) is 6.92 Å². The predicted molar refractivity (Wildman–Crippen MR) is 131 cm³/mol. The van der Waals surface area contributed by atoms with Crippen LogP contribution in [0.1, 0.15) is 23.1 Å². The highest BCUT2D eigenvalue weighted by Gasteiger charge is 2.26. The SMILES string of the molecule is CCNc1nc(C)cc(N2CCN(C(=O)c3cc(-c4cc(OC)ccc4OC)nn3C)CC2)n1. The summed E-state index contributed by atoms with van der Waals surface area (Å²) in [4.78, 5) is 26.4. The van der Waals surface area contributed by atoms with Gasteiger partial charge in [-0.2, -0.15) is 10.1 Å². The Labute approximate surface area is 199 Å². The molecule has 180 valence electrons. The minimum atomic E-state index is -0.0463. The van der Waals surface area contributed by atoms with E-state index in [-0.39, 0.29) is 5.91 Å². The molecule has 1 aliphatic heterocycles. The van der Waals surface area contributed by atoms with Gasteiger partial charge >= 0.3 is 0 Å². The van der Waals surface area contributed by atoms with E-state index in [4.69, 9.17) is 9.47 Å². The summed E-state index contributed by atoms with van der Waals surface area (Å²) < 4.78 is 12.5. The van der Waals surface area contributed by atoms with E-state index in [2.05, 4.69) is 25.3 Å². The van der Waals surface area contributed by atoms with Gasteiger partial charge in [-0.1, -0.05) is 0 Å². The van der Waals surface area contributed by atoms with Crippen molar-refractivity contribution in [1.29, 1.82) is 0 Å². The monoisotopic (exact) mass is 465 g/mol. The van der Waals surface area contributed by atoms with Crippen molar-refractivity contribution in [3.05, 3.63) is 41.7 Å². The van der Waals surface area contributed by atoms with Crippen LogP contribution in [0.3, 0.4) is 0 Å². The van der Waals surface area contributed by atoms with Crippen molar-refractivity contribution in [2.45, 2.75) is 13.8 Å². The molecule has 4 rings (SSSR count). The first-order valence-electron chi connectivity index (χ1n) is 11.3. The fourth-order valence-corrected chi connectivity index (χ4v) is 4.06. The van der Waals surface area contributed by atoms with Crippen molar-refractivity contribution in [2.24, 2.45) is 7.05 Å². The van der Waals surface area contributed by atoms with Gasteiger partial charge in [-0.25, -0.2) is 4.98 Å². The molecule has 1 aromatic carbocycles. The van der Waals surface area contributed by atoms with Gasteiger partial charge in [0.25, 0.3) is 5.91 Å². The maximum atomic E-state index is 13.3. The Morgan fingerprint density at radius 2 is 1.82 bits per heavy atom. The summed E-state index contributed by atoms with van der Waals surface area (Å²) >= 11 is 0. The molecule has 34 heavy (non-hydrogen) atoms. The second-order valence-corrected chi connectivity index (χ2v) is 8.11. The maximum Gasteiger partial charge on any atom is 0.272 e. The molecule has 2 aromatic heterocycles. The number of aryl methyl sites for hydroxylation is 2. The highest BCUT2D eigenvalue weighted by molar-refractivity contribution is 5.94. The third-order valence-corrected chi connectivity index (χ3v) is 5.85. The van der Waals surface area contributed by atoms with Crippen molar-refractivity contribution in [3.8, 4) is 22.8 Å². The molecule has 0 unspecified atom stereocenters. The van der Waals surface area contributed by atoms with E-state index in [9.17, 15) is 4.79 Å². The molecule has 1 N–H and O–H groups in total. The van der Waals surface area contributed by atoms with E-state index < -0.39 is 0 Å². The molecule has 0 atom stereocenters. The summed E-state index contributed by atoms with van der Waals surface area (Å²) in [6, 6.07) is 9.31. The largest absolute Gasteiger partial charge is 0.497 e. The van der Waals surface area contributed by atoms with Crippen LogP contribution >= 0.6 is 0 Å². The van der Waals surface area contributed by atoms with Crippen LogP contribution in [0.5, 0.6) is 11.5 Å². The summed E-state index contributed by atoms with van der Waals surface area (Å²) in [5, 5.41) is 7.75. The summed E-state index contributed by atoms with van der Waals surface area (Å²) in [5.41, 5.74) is 2.88. The van der Waals surface area contributed by atoms with Gasteiger partial charge in [0.1, 0.15) is 23.0 Å². The van der Waals surface area contributed by atoms with E-state index in [1.165, 1.54) is 0 Å². The summed E-state index contributed by atoms with van der Waals surface area (Å²) in [6.45, 7) is 7.33. The van der Waals surface area contributed by atoms with Gasteiger partial charge in [0, 0.05) is 57.1 Å². The molecular weight excluding hydrogens is 434 g/mol. The molecular formula is C24H31N7O3. The second kappa shape index (κ2) is 9.98. The Hall–Kier alpha value is -3.82. The average molecular weight is 466 g/mol. The number of amides is 1.